The van der Waals surface area contributed by atoms with Gasteiger partial charge in [0.15, 0.2) is 5.76 Å². The second-order valence-electron chi connectivity index (χ2n) is 8.04. The van der Waals surface area contributed by atoms with Gasteiger partial charge in [-0.1, -0.05) is 0 Å². The topological polar surface area (TPSA) is 65.8 Å². The monoisotopic (exact) mass is 359 g/mol. The largest absolute Gasteiger partial charge is 0.459 e. The van der Waals surface area contributed by atoms with Gasteiger partial charge in [-0.15, -0.1) is 0 Å². The number of carbonyl (C=O) groups excluding carboxylic acids is 2. The number of furan rings is 1. The third-order valence-corrected chi connectivity index (χ3v) is 6.19. The Kier molecular flexibility index (Phi) is 5.29. The Bertz CT molecular complexity index is 624. The first-order valence-corrected chi connectivity index (χ1v) is 10.0. The summed E-state index contributed by atoms with van der Waals surface area (Å²) in [6, 6.07) is 3.91. The lowest BCUT2D eigenvalue weighted by atomic mass is 9.79. The lowest BCUT2D eigenvalue weighted by Gasteiger charge is -2.45. The third kappa shape index (κ3) is 3.80. The van der Waals surface area contributed by atoms with Gasteiger partial charge in [-0.2, -0.15) is 0 Å². The summed E-state index contributed by atoms with van der Waals surface area (Å²) < 4.78 is 5.29. The molecule has 1 aromatic heterocycles. The molecule has 0 spiro atoms. The molecule has 0 aliphatic carbocycles. The normalized spacial score (nSPS) is 28.4. The van der Waals surface area contributed by atoms with Crippen molar-refractivity contribution in [3.8, 4) is 0 Å². The van der Waals surface area contributed by atoms with E-state index < -0.39 is 0 Å². The Balaban J connectivity index is 1.28. The van der Waals surface area contributed by atoms with Crippen LogP contribution in [0, 0.1) is 11.8 Å². The van der Waals surface area contributed by atoms with Gasteiger partial charge in [0.1, 0.15) is 0 Å². The number of piperidine rings is 2. The predicted molar refractivity (Wildman–Crippen MR) is 97.7 cm³/mol. The summed E-state index contributed by atoms with van der Waals surface area (Å²) in [7, 11) is 0. The minimum absolute atomic E-state index is 0.00885. The Morgan fingerprint density at radius 3 is 2.81 bits per heavy atom. The second-order valence-corrected chi connectivity index (χ2v) is 8.04. The third-order valence-electron chi connectivity index (χ3n) is 6.19. The molecule has 1 N–H and O–H groups in total. The lowest BCUT2D eigenvalue weighted by Crippen LogP contribution is -2.57. The minimum Gasteiger partial charge on any atom is -0.459 e. The molecule has 4 heterocycles. The number of hydrogen-bond donors (Lipinski definition) is 1. The van der Waals surface area contributed by atoms with Crippen molar-refractivity contribution in [3.05, 3.63) is 24.2 Å². The Morgan fingerprint density at radius 2 is 2.04 bits per heavy atom. The molecule has 0 radical (unpaired) electrons. The molecule has 2 amide bonds. The van der Waals surface area contributed by atoms with Crippen LogP contribution in [0.25, 0.3) is 0 Å². The van der Waals surface area contributed by atoms with Crippen LogP contribution in [0.15, 0.2) is 22.8 Å². The van der Waals surface area contributed by atoms with Crippen molar-refractivity contribution >= 4 is 11.8 Å². The van der Waals surface area contributed by atoms with E-state index in [1.807, 2.05) is 9.80 Å². The van der Waals surface area contributed by atoms with Crippen LogP contribution in [0.5, 0.6) is 0 Å². The molecule has 142 valence electrons. The average Bonchev–Trinajstić information content (AvgIpc) is 3.36. The molecular formula is C20H29N3O3. The highest BCUT2D eigenvalue weighted by molar-refractivity contribution is 5.91. The maximum atomic E-state index is 12.6. The van der Waals surface area contributed by atoms with E-state index in [1.54, 1.807) is 18.4 Å². The molecule has 3 saturated heterocycles. The Hall–Kier alpha value is -1.82. The number of carbonyl (C=O) groups is 2. The average molecular weight is 359 g/mol. The first-order valence-electron chi connectivity index (χ1n) is 10.0. The van der Waals surface area contributed by atoms with Crippen LogP contribution in [0.3, 0.4) is 0 Å². The van der Waals surface area contributed by atoms with Crippen molar-refractivity contribution in [2.45, 2.75) is 44.6 Å². The van der Waals surface area contributed by atoms with Crippen LogP contribution in [0.1, 0.15) is 49.1 Å². The molecule has 6 heteroatoms. The number of rotatable bonds is 5. The van der Waals surface area contributed by atoms with Crippen LogP contribution in [0.2, 0.25) is 0 Å². The fourth-order valence-electron chi connectivity index (χ4n) is 4.83. The summed E-state index contributed by atoms with van der Waals surface area (Å²) >= 11 is 0. The van der Waals surface area contributed by atoms with Crippen LogP contribution in [0.4, 0.5) is 0 Å². The highest BCUT2D eigenvalue weighted by atomic mass is 16.3. The highest BCUT2D eigenvalue weighted by Crippen LogP contribution is 2.31. The number of nitrogens with zero attached hydrogens (tertiary/aromatic N) is 2. The zero-order valence-electron chi connectivity index (χ0n) is 15.4. The number of likely N-dealkylation sites (tertiary alicyclic amines) is 2. The maximum Gasteiger partial charge on any atom is 0.289 e. The van der Waals surface area contributed by atoms with E-state index in [4.69, 9.17) is 4.42 Å². The summed E-state index contributed by atoms with van der Waals surface area (Å²) in [5, 5.41) is 3.67. The molecule has 1 aromatic rings. The van der Waals surface area contributed by atoms with Crippen molar-refractivity contribution in [2.75, 3.05) is 32.7 Å². The number of hydrogen-bond acceptors (Lipinski definition) is 4. The van der Waals surface area contributed by atoms with Crippen molar-refractivity contribution in [2.24, 2.45) is 11.8 Å². The van der Waals surface area contributed by atoms with Gasteiger partial charge in [0.25, 0.3) is 5.91 Å². The van der Waals surface area contributed by atoms with Crippen molar-refractivity contribution in [3.63, 3.8) is 0 Å². The molecule has 0 aromatic carbocycles. The van der Waals surface area contributed by atoms with Crippen LogP contribution in [-0.4, -0.2) is 60.4 Å². The summed E-state index contributed by atoms with van der Waals surface area (Å²) in [6.45, 7) is 4.43. The highest BCUT2D eigenvalue weighted by Gasteiger charge is 2.38. The van der Waals surface area contributed by atoms with Gasteiger partial charge in [-0.3, -0.25) is 9.59 Å². The van der Waals surface area contributed by atoms with Gasteiger partial charge in [0.2, 0.25) is 5.91 Å². The first-order chi connectivity index (χ1) is 12.7. The predicted octanol–water partition coefficient (Wildman–Crippen LogP) is 2.12. The molecule has 3 aliphatic rings. The molecule has 26 heavy (non-hydrogen) atoms. The fourth-order valence-corrected chi connectivity index (χ4v) is 4.83. The van der Waals surface area contributed by atoms with Crippen LogP contribution >= 0.6 is 0 Å². The number of fused-ring (bicyclic) bond motifs is 2. The molecule has 0 unspecified atom stereocenters. The van der Waals surface area contributed by atoms with E-state index in [0.717, 1.165) is 58.4 Å². The number of amides is 2. The van der Waals surface area contributed by atoms with E-state index in [-0.39, 0.29) is 5.91 Å². The van der Waals surface area contributed by atoms with E-state index in [1.165, 1.54) is 6.42 Å². The molecule has 3 atom stereocenters. The quantitative estimate of drug-likeness (QED) is 0.875. The van der Waals surface area contributed by atoms with Gasteiger partial charge < -0.3 is 19.5 Å². The Morgan fingerprint density at radius 1 is 1.19 bits per heavy atom. The smallest absolute Gasteiger partial charge is 0.289 e. The van der Waals surface area contributed by atoms with E-state index >= 15 is 0 Å². The number of nitrogens with one attached hydrogen (secondary N) is 1. The van der Waals surface area contributed by atoms with E-state index in [9.17, 15) is 9.59 Å². The Labute approximate surface area is 154 Å². The van der Waals surface area contributed by atoms with Crippen molar-refractivity contribution < 1.29 is 14.0 Å². The molecule has 6 nitrogen and oxygen atoms in total. The summed E-state index contributed by atoms with van der Waals surface area (Å²) in [5.41, 5.74) is 0. The zero-order valence-corrected chi connectivity index (χ0v) is 15.4. The first kappa shape index (κ1) is 17.6. The zero-order chi connectivity index (χ0) is 17.9. The van der Waals surface area contributed by atoms with Crippen LogP contribution < -0.4 is 5.32 Å². The molecule has 4 rings (SSSR count). The molecule has 2 bridgehead atoms. The van der Waals surface area contributed by atoms with Gasteiger partial charge in [-0.05, 0) is 62.6 Å². The maximum absolute atomic E-state index is 12.6. The van der Waals surface area contributed by atoms with Gasteiger partial charge in [0, 0.05) is 38.6 Å². The second kappa shape index (κ2) is 7.82. The summed E-state index contributed by atoms with van der Waals surface area (Å²) in [4.78, 5) is 28.8. The molecule has 3 fully saturated rings. The van der Waals surface area contributed by atoms with Crippen molar-refractivity contribution in [1.82, 2.24) is 15.1 Å². The minimum atomic E-state index is 0.00885. The molecule has 0 saturated carbocycles. The van der Waals surface area contributed by atoms with Crippen molar-refractivity contribution in [1.29, 1.82) is 0 Å². The van der Waals surface area contributed by atoms with Gasteiger partial charge in [0.05, 0.1) is 6.26 Å². The fraction of sp³-hybridized carbons (Fsp3) is 0.700. The van der Waals surface area contributed by atoms with E-state index in [2.05, 4.69) is 5.32 Å². The lowest BCUT2D eigenvalue weighted by molar-refractivity contribution is -0.130. The molecular weight excluding hydrogens is 330 g/mol. The van der Waals surface area contributed by atoms with Gasteiger partial charge >= 0.3 is 0 Å². The van der Waals surface area contributed by atoms with Gasteiger partial charge in [-0.25, -0.2) is 0 Å². The summed E-state index contributed by atoms with van der Waals surface area (Å²) in [5.74, 6) is 1.76. The molecule has 3 aliphatic heterocycles. The standard InChI is InChI=1S/C20H29N3O3/c24-19(22-8-1-2-9-22)7-3-5-17-16-11-15(12-21-17)13-23(14-16)20(25)18-6-4-10-26-18/h4,6,10,15-17,21H,1-3,5,7-9,11-14H2/t15-,16+,17+/m0/s1. The summed E-state index contributed by atoms with van der Waals surface area (Å²) in [6.07, 6.45) is 7.64. The van der Waals surface area contributed by atoms with Crippen LogP contribution in [-0.2, 0) is 4.79 Å². The van der Waals surface area contributed by atoms with E-state index in [0.29, 0.717) is 36.0 Å². The SMILES string of the molecule is O=C(CCC[C@H]1NC[C@@H]2C[C@@H]1CN(C(=O)c1ccco1)C2)N1CCCC1.